The van der Waals surface area contributed by atoms with Gasteiger partial charge in [0.05, 0.1) is 12.2 Å². The number of esters is 1. The van der Waals surface area contributed by atoms with Crippen LogP contribution in [0.25, 0.3) is 0 Å². The zero-order chi connectivity index (χ0) is 20.5. The normalized spacial score (nSPS) is 10.6. The van der Waals surface area contributed by atoms with Crippen LogP contribution in [0.15, 0.2) is 48.5 Å². The first kappa shape index (κ1) is 21.3. The summed E-state index contributed by atoms with van der Waals surface area (Å²) in [4.78, 5) is 36.0. The first-order valence-electron chi connectivity index (χ1n) is 9.07. The molecule has 0 spiro atoms. The number of rotatable bonds is 9. The second kappa shape index (κ2) is 10.4. The number of amides is 1. The first-order chi connectivity index (χ1) is 13.4. The minimum atomic E-state index is -0.560. The molecule has 0 atom stereocenters. The maximum absolute atomic E-state index is 12.2. The fourth-order valence-corrected chi connectivity index (χ4v) is 2.52. The molecule has 2 aromatic rings. The van der Waals surface area contributed by atoms with Crippen molar-refractivity contribution in [1.29, 1.82) is 0 Å². The van der Waals surface area contributed by atoms with Gasteiger partial charge < -0.3 is 14.8 Å². The van der Waals surface area contributed by atoms with Crippen molar-refractivity contribution in [3.05, 3.63) is 65.2 Å². The maximum Gasteiger partial charge on any atom is 0.338 e. The van der Waals surface area contributed by atoms with Crippen molar-refractivity contribution >= 4 is 23.3 Å². The quantitative estimate of drug-likeness (QED) is 0.525. The first-order valence-corrected chi connectivity index (χ1v) is 9.07. The standard InChI is InChI=1S/C22H25NO5/c1-15(2)12-21(25)23-19-10-8-17(9-11-19)20(24)14-28-22(26)18-6-4-16(5-7-18)13-27-3/h4-11,15H,12-14H2,1-3H3,(H,23,25). The van der Waals surface area contributed by atoms with Crippen LogP contribution in [0, 0.1) is 5.92 Å². The number of carbonyl (C=O) groups is 3. The van der Waals surface area contributed by atoms with Crippen molar-refractivity contribution < 1.29 is 23.9 Å². The Hall–Kier alpha value is -2.99. The van der Waals surface area contributed by atoms with Gasteiger partial charge in [0.25, 0.3) is 0 Å². The van der Waals surface area contributed by atoms with Gasteiger partial charge in [0, 0.05) is 24.8 Å². The Morgan fingerprint density at radius 3 is 2.11 bits per heavy atom. The van der Waals surface area contributed by atoms with Gasteiger partial charge in [-0.2, -0.15) is 0 Å². The zero-order valence-electron chi connectivity index (χ0n) is 16.4. The van der Waals surface area contributed by atoms with E-state index in [2.05, 4.69) is 5.32 Å². The number of ketones is 1. The third-order valence-electron chi connectivity index (χ3n) is 3.92. The van der Waals surface area contributed by atoms with E-state index in [1.165, 1.54) is 0 Å². The Labute approximate surface area is 164 Å². The molecule has 1 N–H and O–H groups in total. The molecule has 0 heterocycles. The summed E-state index contributed by atoms with van der Waals surface area (Å²) < 4.78 is 10.1. The van der Waals surface area contributed by atoms with Crippen LogP contribution >= 0.6 is 0 Å². The number of anilines is 1. The molecule has 0 bridgehead atoms. The maximum atomic E-state index is 12.2. The molecule has 0 aliphatic rings. The molecule has 2 aromatic carbocycles. The molecule has 6 heteroatoms. The summed E-state index contributed by atoms with van der Waals surface area (Å²) in [6.07, 6.45) is 0.434. The molecule has 2 rings (SSSR count). The number of hydrogen-bond acceptors (Lipinski definition) is 5. The summed E-state index contributed by atoms with van der Waals surface area (Å²) in [6.45, 7) is 4.05. The fraction of sp³-hybridized carbons (Fsp3) is 0.318. The van der Waals surface area contributed by atoms with Gasteiger partial charge in [0.1, 0.15) is 0 Å². The minimum Gasteiger partial charge on any atom is -0.454 e. The number of methoxy groups -OCH3 is 1. The number of Topliss-reactive ketones (excluding diaryl/α,β-unsaturated/α-hetero) is 1. The van der Waals surface area contributed by atoms with Crippen LogP contribution in [0.4, 0.5) is 5.69 Å². The van der Waals surface area contributed by atoms with Gasteiger partial charge in [-0.15, -0.1) is 0 Å². The Balaban J connectivity index is 1.86. The van der Waals surface area contributed by atoms with Crippen molar-refractivity contribution in [1.82, 2.24) is 0 Å². The topological polar surface area (TPSA) is 81.7 Å². The number of nitrogens with one attached hydrogen (secondary N) is 1. The highest BCUT2D eigenvalue weighted by Crippen LogP contribution is 2.13. The SMILES string of the molecule is COCc1ccc(C(=O)OCC(=O)c2ccc(NC(=O)CC(C)C)cc2)cc1. The lowest BCUT2D eigenvalue weighted by molar-refractivity contribution is -0.116. The van der Waals surface area contributed by atoms with E-state index >= 15 is 0 Å². The second-order valence-electron chi connectivity index (χ2n) is 6.85. The predicted molar refractivity (Wildman–Crippen MR) is 106 cm³/mol. The Kier molecular flexibility index (Phi) is 7.89. The van der Waals surface area contributed by atoms with Crippen molar-refractivity contribution in [3.8, 4) is 0 Å². The van der Waals surface area contributed by atoms with E-state index < -0.39 is 5.97 Å². The number of benzene rings is 2. The molecule has 6 nitrogen and oxygen atoms in total. The zero-order valence-corrected chi connectivity index (χ0v) is 16.4. The molecule has 0 aromatic heterocycles. The van der Waals surface area contributed by atoms with Crippen molar-refractivity contribution in [3.63, 3.8) is 0 Å². The highest BCUT2D eigenvalue weighted by molar-refractivity contribution is 6.00. The lowest BCUT2D eigenvalue weighted by Crippen LogP contribution is -2.15. The van der Waals surface area contributed by atoms with Crippen LogP contribution in [-0.4, -0.2) is 31.4 Å². The molecule has 0 unspecified atom stereocenters. The molecule has 28 heavy (non-hydrogen) atoms. The Morgan fingerprint density at radius 1 is 0.929 bits per heavy atom. The van der Waals surface area contributed by atoms with Gasteiger partial charge in [0.15, 0.2) is 12.4 Å². The molecular formula is C22H25NO5. The third kappa shape index (κ3) is 6.63. The highest BCUT2D eigenvalue weighted by atomic mass is 16.5. The van der Waals surface area contributed by atoms with E-state index in [0.29, 0.717) is 29.8 Å². The van der Waals surface area contributed by atoms with Crippen LogP contribution < -0.4 is 5.32 Å². The molecule has 0 saturated carbocycles. The van der Waals surface area contributed by atoms with E-state index in [0.717, 1.165) is 5.56 Å². The average molecular weight is 383 g/mol. The van der Waals surface area contributed by atoms with Gasteiger partial charge in [0.2, 0.25) is 5.91 Å². The van der Waals surface area contributed by atoms with Crippen LogP contribution in [0.2, 0.25) is 0 Å². The summed E-state index contributed by atoms with van der Waals surface area (Å²) in [6, 6.07) is 13.3. The summed E-state index contributed by atoms with van der Waals surface area (Å²) in [5.41, 5.74) is 2.34. The van der Waals surface area contributed by atoms with Gasteiger partial charge in [-0.25, -0.2) is 4.79 Å². The van der Waals surface area contributed by atoms with Crippen molar-refractivity contribution in [2.24, 2.45) is 5.92 Å². The smallest absolute Gasteiger partial charge is 0.338 e. The van der Waals surface area contributed by atoms with Crippen LogP contribution in [0.5, 0.6) is 0 Å². The Morgan fingerprint density at radius 2 is 1.54 bits per heavy atom. The van der Waals surface area contributed by atoms with Crippen LogP contribution in [-0.2, 0) is 20.9 Å². The lowest BCUT2D eigenvalue weighted by atomic mass is 10.1. The van der Waals surface area contributed by atoms with Gasteiger partial charge in [-0.1, -0.05) is 26.0 Å². The predicted octanol–water partition coefficient (Wildman–Crippen LogP) is 3.86. The Bertz CT molecular complexity index is 810. The largest absolute Gasteiger partial charge is 0.454 e. The molecule has 0 aliphatic carbocycles. The van der Waals surface area contributed by atoms with Gasteiger partial charge >= 0.3 is 5.97 Å². The van der Waals surface area contributed by atoms with E-state index in [1.807, 2.05) is 13.8 Å². The van der Waals surface area contributed by atoms with Crippen molar-refractivity contribution in [2.75, 3.05) is 19.0 Å². The fourth-order valence-electron chi connectivity index (χ4n) is 2.52. The van der Waals surface area contributed by atoms with E-state index in [1.54, 1.807) is 55.6 Å². The molecule has 0 aliphatic heterocycles. The van der Waals surface area contributed by atoms with E-state index in [9.17, 15) is 14.4 Å². The number of carbonyl (C=O) groups excluding carboxylic acids is 3. The minimum absolute atomic E-state index is 0.0699. The number of hydrogen-bond donors (Lipinski definition) is 1. The summed E-state index contributed by atoms with van der Waals surface area (Å²) in [7, 11) is 1.60. The van der Waals surface area contributed by atoms with E-state index in [-0.39, 0.29) is 24.2 Å². The van der Waals surface area contributed by atoms with Crippen LogP contribution in [0.1, 0.15) is 46.5 Å². The molecule has 0 saturated heterocycles. The summed E-state index contributed by atoms with van der Waals surface area (Å²) in [5.74, 6) is -0.675. The lowest BCUT2D eigenvalue weighted by Gasteiger charge is -2.08. The average Bonchev–Trinajstić information content (AvgIpc) is 2.66. The van der Waals surface area contributed by atoms with E-state index in [4.69, 9.17) is 9.47 Å². The number of ether oxygens (including phenoxy) is 2. The second-order valence-corrected chi connectivity index (χ2v) is 6.85. The van der Waals surface area contributed by atoms with Crippen LogP contribution in [0.3, 0.4) is 0 Å². The molecular weight excluding hydrogens is 358 g/mol. The van der Waals surface area contributed by atoms with Gasteiger partial charge in [-0.05, 0) is 47.9 Å². The van der Waals surface area contributed by atoms with Crippen molar-refractivity contribution in [2.45, 2.75) is 26.9 Å². The molecule has 148 valence electrons. The molecule has 1 amide bonds. The summed E-state index contributed by atoms with van der Waals surface area (Å²) >= 11 is 0. The summed E-state index contributed by atoms with van der Waals surface area (Å²) in [5, 5.41) is 2.78. The monoisotopic (exact) mass is 383 g/mol. The third-order valence-corrected chi connectivity index (χ3v) is 3.92. The van der Waals surface area contributed by atoms with Gasteiger partial charge in [-0.3, -0.25) is 9.59 Å². The highest BCUT2D eigenvalue weighted by Gasteiger charge is 2.12. The molecule has 0 fully saturated rings. The molecule has 0 radical (unpaired) electrons.